The molecule has 0 radical (unpaired) electrons. The molecule has 2 N–H and O–H groups in total. The van der Waals surface area contributed by atoms with Crippen LogP contribution in [-0.2, 0) is 9.47 Å². The maximum absolute atomic E-state index is 12.9. The quantitative estimate of drug-likeness (QED) is 0.513. The van der Waals surface area contributed by atoms with E-state index in [0.29, 0.717) is 34.2 Å². The second kappa shape index (κ2) is 9.36. The number of anilines is 1. The summed E-state index contributed by atoms with van der Waals surface area (Å²) < 4.78 is 10.4. The summed E-state index contributed by atoms with van der Waals surface area (Å²) in [6.07, 6.45) is 0.284. The highest BCUT2D eigenvalue weighted by atomic mass is 35.5. The Balaban J connectivity index is 1.56. The third-order valence-corrected chi connectivity index (χ3v) is 5.87. The molecule has 3 aromatic rings. The van der Waals surface area contributed by atoms with Gasteiger partial charge in [0.1, 0.15) is 18.5 Å². The van der Waals surface area contributed by atoms with Crippen LogP contribution in [0.1, 0.15) is 35.6 Å². The van der Waals surface area contributed by atoms with Gasteiger partial charge in [0.05, 0.1) is 34.4 Å². The summed E-state index contributed by atoms with van der Waals surface area (Å²) in [5, 5.41) is 3.78. The molecule has 4 rings (SSSR count). The molecule has 2 atom stereocenters. The number of H-pyrrole nitrogens is 1. The fourth-order valence-corrected chi connectivity index (χ4v) is 4.10. The Morgan fingerprint density at radius 2 is 2.16 bits per heavy atom. The van der Waals surface area contributed by atoms with Crippen LogP contribution in [0.4, 0.5) is 10.5 Å². The third-order valence-electron chi connectivity index (χ3n) is 5.33. The van der Waals surface area contributed by atoms with Gasteiger partial charge in [-0.25, -0.2) is 9.78 Å². The number of amides is 2. The van der Waals surface area contributed by atoms with E-state index in [1.165, 1.54) is 11.0 Å². The number of nitrogens with zero attached hydrogens (tertiary/aromatic N) is 2. The topological polar surface area (TPSA) is 96.6 Å². The fourth-order valence-electron chi connectivity index (χ4n) is 3.66. The molecule has 0 spiro atoms. The molecule has 0 saturated carbocycles. The van der Waals surface area contributed by atoms with E-state index in [1.807, 2.05) is 13.0 Å². The number of carbonyl (C=O) groups excluding carboxylic acids is 2. The maximum atomic E-state index is 12.9. The molecule has 0 aliphatic carbocycles. The van der Waals surface area contributed by atoms with Gasteiger partial charge in [0.25, 0.3) is 5.91 Å². The Morgan fingerprint density at radius 1 is 1.34 bits per heavy atom. The number of ether oxygens (including phenoxy) is 2. The predicted molar refractivity (Wildman–Crippen MR) is 123 cm³/mol. The van der Waals surface area contributed by atoms with Crippen molar-refractivity contribution in [1.82, 2.24) is 15.3 Å². The fraction of sp³-hybridized carbons (Fsp3) is 0.318. The van der Waals surface area contributed by atoms with Gasteiger partial charge in [-0.2, -0.15) is 0 Å². The summed E-state index contributed by atoms with van der Waals surface area (Å²) in [7, 11) is 1.55. The summed E-state index contributed by atoms with van der Waals surface area (Å²) in [5.41, 5.74) is 2.35. The number of hydrogen-bond acceptors (Lipinski definition) is 5. The Hall–Kier alpha value is -2.81. The molecule has 8 nitrogen and oxygen atoms in total. The molecule has 0 unspecified atom stereocenters. The minimum Gasteiger partial charge on any atom is -0.447 e. The van der Waals surface area contributed by atoms with Crippen molar-refractivity contribution >= 4 is 51.9 Å². The summed E-state index contributed by atoms with van der Waals surface area (Å²) in [6.45, 7) is 2.50. The monoisotopic (exact) mass is 476 g/mol. The number of hydrogen-bond donors (Lipinski definition) is 2. The number of aromatic nitrogens is 2. The molecule has 168 valence electrons. The lowest BCUT2D eigenvalue weighted by Gasteiger charge is -2.22. The van der Waals surface area contributed by atoms with E-state index in [2.05, 4.69) is 15.3 Å². The van der Waals surface area contributed by atoms with Gasteiger partial charge in [-0.05, 0) is 42.8 Å². The van der Waals surface area contributed by atoms with E-state index in [1.54, 1.807) is 31.4 Å². The number of halogens is 2. The first-order valence-electron chi connectivity index (χ1n) is 10.1. The summed E-state index contributed by atoms with van der Waals surface area (Å²) in [5.74, 6) is 0.195. The van der Waals surface area contributed by atoms with Crippen LogP contribution in [0.25, 0.3) is 11.0 Å². The van der Waals surface area contributed by atoms with Crippen molar-refractivity contribution in [3.8, 4) is 0 Å². The molecule has 32 heavy (non-hydrogen) atoms. The lowest BCUT2D eigenvalue weighted by Crippen LogP contribution is -2.34. The Kier molecular flexibility index (Phi) is 6.55. The summed E-state index contributed by atoms with van der Waals surface area (Å²) in [4.78, 5) is 34.3. The smallest absolute Gasteiger partial charge is 0.414 e. The van der Waals surface area contributed by atoms with Crippen molar-refractivity contribution < 1.29 is 19.1 Å². The van der Waals surface area contributed by atoms with Crippen LogP contribution < -0.4 is 10.2 Å². The Bertz CT molecular complexity index is 1170. The molecule has 1 aliphatic rings. The molecule has 10 heteroatoms. The van der Waals surface area contributed by atoms with Gasteiger partial charge < -0.3 is 19.8 Å². The Morgan fingerprint density at radius 3 is 2.88 bits per heavy atom. The average molecular weight is 477 g/mol. The minimum absolute atomic E-state index is 0.0904. The molecule has 1 fully saturated rings. The van der Waals surface area contributed by atoms with Gasteiger partial charge in [-0.1, -0.05) is 30.1 Å². The minimum atomic E-state index is -0.518. The third kappa shape index (κ3) is 4.39. The van der Waals surface area contributed by atoms with E-state index in [4.69, 9.17) is 32.7 Å². The van der Waals surface area contributed by atoms with Crippen molar-refractivity contribution in [2.45, 2.75) is 25.4 Å². The van der Waals surface area contributed by atoms with Crippen LogP contribution in [0.3, 0.4) is 0 Å². The number of cyclic esters (lactones) is 1. The average Bonchev–Trinajstić information content (AvgIpc) is 3.36. The van der Waals surface area contributed by atoms with Crippen LogP contribution in [0, 0.1) is 0 Å². The zero-order chi connectivity index (χ0) is 22.8. The number of methoxy groups -OCH3 is 1. The second-order valence-electron chi connectivity index (χ2n) is 7.44. The zero-order valence-electron chi connectivity index (χ0n) is 17.5. The molecule has 1 saturated heterocycles. The van der Waals surface area contributed by atoms with Crippen LogP contribution in [-0.4, -0.2) is 48.3 Å². The standard InChI is InChI=1S/C22H22Cl2N4O4/c1-3-14-10-32-22(30)28(14)19-7-4-12(8-15(19)24)21(29)27-18(11-31-2)20-25-16-6-5-13(23)9-17(16)26-20/h4-9,14,18H,3,10-11H2,1-2H3,(H,25,26)(H,27,29)/t14-,18+/m1/s1. The highest BCUT2D eigenvalue weighted by Crippen LogP contribution is 2.32. The summed E-state index contributed by atoms with van der Waals surface area (Å²) in [6, 6.07) is 9.53. The maximum Gasteiger partial charge on any atom is 0.414 e. The van der Waals surface area contributed by atoms with Crippen molar-refractivity contribution in [2.75, 3.05) is 25.2 Å². The van der Waals surface area contributed by atoms with Gasteiger partial charge in [0.15, 0.2) is 0 Å². The lowest BCUT2D eigenvalue weighted by atomic mass is 10.1. The van der Waals surface area contributed by atoms with Crippen molar-refractivity contribution in [3.63, 3.8) is 0 Å². The lowest BCUT2D eigenvalue weighted by molar-refractivity contribution is 0.0892. The van der Waals surface area contributed by atoms with E-state index >= 15 is 0 Å². The van der Waals surface area contributed by atoms with Gasteiger partial charge in [-0.3, -0.25) is 9.69 Å². The highest BCUT2D eigenvalue weighted by molar-refractivity contribution is 6.34. The van der Waals surface area contributed by atoms with Crippen molar-refractivity contribution in [2.24, 2.45) is 0 Å². The number of rotatable bonds is 7. The number of benzene rings is 2. The van der Waals surface area contributed by atoms with E-state index in [0.717, 1.165) is 11.9 Å². The first-order valence-corrected chi connectivity index (χ1v) is 10.9. The molecule has 0 bridgehead atoms. The van der Waals surface area contributed by atoms with Crippen LogP contribution >= 0.6 is 23.2 Å². The van der Waals surface area contributed by atoms with Gasteiger partial charge >= 0.3 is 6.09 Å². The van der Waals surface area contributed by atoms with Gasteiger partial charge in [0, 0.05) is 17.7 Å². The molecule has 2 amide bonds. The molecule has 2 heterocycles. The van der Waals surface area contributed by atoms with E-state index in [9.17, 15) is 9.59 Å². The van der Waals surface area contributed by atoms with Crippen LogP contribution in [0.2, 0.25) is 10.0 Å². The van der Waals surface area contributed by atoms with Crippen LogP contribution in [0.5, 0.6) is 0 Å². The van der Waals surface area contributed by atoms with Gasteiger partial charge in [-0.15, -0.1) is 0 Å². The predicted octanol–water partition coefficient (Wildman–Crippen LogP) is 4.72. The largest absolute Gasteiger partial charge is 0.447 e. The molecular weight excluding hydrogens is 455 g/mol. The zero-order valence-corrected chi connectivity index (χ0v) is 19.0. The molecule has 2 aromatic carbocycles. The SMILES string of the molecule is CC[C@@H]1COC(=O)N1c1ccc(C(=O)N[C@@H](COC)c2nc3cc(Cl)ccc3[nH]2)cc1Cl. The van der Waals surface area contributed by atoms with Crippen molar-refractivity contribution in [1.29, 1.82) is 0 Å². The second-order valence-corrected chi connectivity index (χ2v) is 8.28. The molecule has 1 aliphatic heterocycles. The van der Waals surface area contributed by atoms with Crippen molar-refractivity contribution in [3.05, 3.63) is 57.8 Å². The highest BCUT2D eigenvalue weighted by Gasteiger charge is 2.34. The molecular formula is C22H22Cl2N4O4. The van der Waals surface area contributed by atoms with Gasteiger partial charge in [0.2, 0.25) is 0 Å². The van der Waals surface area contributed by atoms with E-state index in [-0.39, 0.29) is 23.6 Å². The first-order chi connectivity index (χ1) is 15.4. The normalized spacial score (nSPS) is 16.9. The number of fused-ring (bicyclic) bond motifs is 1. The number of imidazole rings is 1. The number of aromatic amines is 1. The first kappa shape index (κ1) is 22.4. The van der Waals surface area contributed by atoms with E-state index < -0.39 is 12.1 Å². The summed E-state index contributed by atoms with van der Waals surface area (Å²) >= 11 is 12.5. The number of nitrogens with one attached hydrogen (secondary N) is 2. The number of carbonyl (C=O) groups is 2. The molecule has 1 aromatic heterocycles. The van der Waals surface area contributed by atoms with Crippen LogP contribution in [0.15, 0.2) is 36.4 Å². The Labute approximate surface area is 194 Å².